The van der Waals surface area contributed by atoms with E-state index in [1.165, 1.54) is 0 Å². The minimum absolute atomic E-state index is 0.0654. The second kappa shape index (κ2) is 6.55. The zero-order chi connectivity index (χ0) is 13.7. The van der Waals surface area contributed by atoms with Crippen molar-refractivity contribution in [3.63, 3.8) is 0 Å². The fraction of sp³-hybridized carbons (Fsp3) is 0.267. The Morgan fingerprint density at radius 2 is 2.11 bits per heavy atom. The Balaban J connectivity index is 2.14. The molecule has 2 rings (SSSR count). The number of pyridine rings is 1. The number of nitrogens with two attached hydrogens (primary N) is 1. The number of hydrogen-bond donors (Lipinski definition) is 1. The molecular formula is C15H17ClN2O. The maximum absolute atomic E-state index is 6.19. The van der Waals surface area contributed by atoms with Crippen molar-refractivity contribution in [2.45, 2.75) is 26.0 Å². The first-order chi connectivity index (χ1) is 9.16. The van der Waals surface area contributed by atoms with Gasteiger partial charge in [-0.15, -0.1) is 0 Å². The van der Waals surface area contributed by atoms with E-state index < -0.39 is 0 Å². The van der Waals surface area contributed by atoms with Crippen LogP contribution in [0.3, 0.4) is 0 Å². The first-order valence-electron chi connectivity index (χ1n) is 6.22. The van der Waals surface area contributed by atoms with Crippen molar-refractivity contribution in [1.82, 2.24) is 4.98 Å². The van der Waals surface area contributed by atoms with E-state index in [2.05, 4.69) is 4.98 Å². The predicted molar refractivity (Wildman–Crippen MR) is 77.4 cm³/mol. The molecule has 1 aromatic heterocycles. The molecule has 19 heavy (non-hydrogen) atoms. The molecule has 1 unspecified atom stereocenters. The van der Waals surface area contributed by atoms with Gasteiger partial charge in [-0.1, -0.05) is 29.8 Å². The number of benzene rings is 1. The van der Waals surface area contributed by atoms with E-state index in [0.29, 0.717) is 17.4 Å². The minimum Gasteiger partial charge on any atom is -0.485 e. The van der Waals surface area contributed by atoms with E-state index >= 15 is 0 Å². The highest BCUT2D eigenvalue weighted by Gasteiger charge is 2.10. The molecular weight excluding hydrogens is 260 g/mol. The Labute approximate surface area is 118 Å². The van der Waals surface area contributed by atoms with E-state index in [1.54, 1.807) is 6.20 Å². The molecule has 0 bridgehead atoms. The summed E-state index contributed by atoms with van der Waals surface area (Å²) < 4.78 is 5.80. The van der Waals surface area contributed by atoms with Crippen molar-refractivity contribution in [2.24, 2.45) is 5.73 Å². The Kier molecular flexibility index (Phi) is 4.77. The number of rotatable bonds is 5. The fourth-order valence-corrected chi connectivity index (χ4v) is 2.10. The van der Waals surface area contributed by atoms with Gasteiger partial charge in [0.25, 0.3) is 0 Å². The van der Waals surface area contributed by atoms with E-state index in [-0.39, 0.29) is 6.04 Å². The average molecular weight is 277 g/mol. The van der Waals surface area contributed by atoms with Crippen LogP contribution in [0.25, 0.3) is 0 Å². The van der Waals surface area contributed by atoms with Crippen LogP contribution in [0.2, 0.25) is 5.02 Å². The summed E-state index contributed by atoms with van der Waals surface area (Å²) in [4.78, 5) is 4.22. The molecule has 4 heteroatoms. The summed E-state index contributed by atoms with van der Waals surface area (Å²) in [5, 5.41) is 0.606. The summed E-state index contributed by atoms with van der Waals surface area (Å²) in [7, 11) is 0. The summed E-state index contributed by atoms with van der Waals surface area (Å²) in [6, 6.07) is 11.5. The topological polar surface area (TPSA) is 48.1 Å². The molecule has 3 nitrogen and oxygen atoms in total. The Morgan fingerprint density at radius 3 is 2.79 bits per heavy atom. The Morgan fingerprint density at radius 1 is 1.26 bits per heavy atom. The van der Waals surface area contributed by atoms with Crippen LogP contribution in [0.4, 0.5) is 0 Å². The summed E-state index contributed by atoms with van der Waals surface area (Å²) >= 11 is 6.19. The molecule has 2 aromatic rings. The first kappa shape index (κ1) is 13.8. The van der Waals surface area contributed by atoms with Crippen molar-refractivity contribution in [1.29, 1.82) is 0 Å². The van der Waals surface area contributed by atoms with Crippen molar-refractivity contribution < 1.29 is 4.74 Å². The van der Waals surface area contributed by atoms with Gasteiger partial charge < -0.3 is 10.5 Å². The maximum Gasteiger partial charge on any atom is 0.141 e. The molecule has 1 aromatic carbocycles. The monoisotopic (exact) mass is 276 g/mol. The number of ether oxygens (including phenoxy) is 1. The molecule has 0 saturated carbocycles. The molecule has 0 aliphatic carbocycles. The molecule has 0 fully saturated rings. The van der Waals surface area contributed by atoms with Crippen LogP contribution in [-0.4, -0.2) is 11.0 Å². The third-order valence-corrected chi connectivity index (χ3v) is 2.98. The number of hydrogen-bond acceptors (Lipinski definition) is 3. The van der Waals surface area contributed by atoms with Gasteiger partial charge in [-0.25, -0.2) is 0 Å². The van der Waals surface area contributed by atoms with Crippen LogP contribution in [0, 0.1) is 0 Å². The van der Waals surface area contributed by atoms with Crippen LogP contribution < -0.4 is 10.5 Å². The lowest BCUT2D eigenvalue weighted by atomic mass is 10.1. The molecule has 0 aliphatic rings. The Bertz CT molecular complexity index is 529. The lowest BCUT2D eigenvalue weighted by molar-refractivity contribution is 0.298. The van der Waals surface area contributed by atoms with E-state index in [1.807, 2.05) is 43.3 Å². The van der Waals surface area contributed by atoms with Crippen LogP contribution in [0.1, 0.15) is 18.2 Å². The number of para-hydroxylation sites is 1. The largest absolute Gasteiger partial charge is 0.485 e. The molecule has 0 amide bonds. The van der Waals surface area contributed by atoms with Crippen LogP contribution in [0.15, 0.2) is 42.6 Å². The van der Waals surface area contributed by atoms with Gasteiger partial charge in [-0.3, -0.25) is 4.98 Å². The quantitative estimate of drug-likeness (QED) is 0.912. The van der Waals surface area contributed by atoms with Gasteiger partial charge in [-0.2, -0.15) is 0 Å². The number of aromatic nitrogens is 1. The third-order valence-electron chi connectivity index (χ3n) is 2.68. The number of halogens is 1. The van der Waals surface area contributed by atoms with E-state index in [9.17, 15) is 0 Å². The van der Waals surface area contributed by atoms with Gasteiger partial charge in [-0.05, 0) is 37.1 Å². The SMILES string of the molecule is CC(N)Cc1cccc(Cl)c1OCc1ccccn1. The standard InChI is InChI=1S/C15H17ClN2O/c1-11(17)9-12-5-4-7-14(16)15(12)19-10-13-6-2-3-8-18-13/h2-8,11H,9-10,17H2,1H3. The minimum atomic E-state index is 0.0654. The lowest BCUT2D eigenvalue weighted by Gasteiger charge is -2.14. The van der Waals surface area contributed by atoms with E-state index in [4.69, 9.17) is 22.1 Å². The molecule has 1 atom stereocenters. The summed E-state index contributed by atoms with van der Waals surface area (Å²) in [5.41, 5.74) is 7.74. The third kappa shape index (κ3) is 3.94. The van der Waals surface area contributed by atoms with Crippen LogP contribution in [0.5, 0.6) is 5.75 Å². The second-order valence-electron chi connectivity index (χ2n) is 4.52. The zero-order valence-electron chi connectivity index (χ0n) is 10.8. The predicted octanol–water partition coefficient (Wildman–Crippen LogP) is 3.20. The lowest BCUT2D eigenvalue weighted by Crippen LogP contribution is -2.18. The fourth-order valence-electron chi connectivity index (χ4n) is 1.85. The van der Waals surface area contributed by atoms with Crippen molar-refractivity contribution in [3.05, 3.63) is 58.9 Å². The van der Waals surface area contributed by atoms with Gasteiger partial charge in [0.2, 0.25) is 0 Å². The maximum atomic E-state index is 6.19. The Hall–Kier alpha value is -1.58. The molecule has 100 valence electrons. The molecule has 0 saturated heterocycles. The first-order valence-corrected chi connectivity index (χ1v) is 6.60. The highest BCUT2D eigenvalue weighted by molar-refractivity contribution is 6.32. The average Bonchev–Trinajstić information content (AvgIpc) is 2.38. The number of nitrogens with zero attached hydrogens (tertiary/aromatic N) is 1. The van der Waals surface area contributed by atoms with Crippen LogP contribution >= 0.6 is 11.6 Å². The summed E-state index contributed by atoms with van der Waals surface area (Å²) in [6.45, 7) is 2.36. The van der Waals surface area contributed by atoms with Gasteiger partial charge in [0, 0.05) is 12.2 Å². The molecule has 0 spiro atoms. The summed E-state index contributed by atoms with van der Waals surface area (Å²) in [5.74, 6) is 0.701. The highest BCUT2D eigenvalue weighted by Crippen LogP contribution is 2.30. The van der Waals surface area contributed by atoms with Crippen LogP contribution in [-0.2, 0) is 13.0 Å². The second-order valence-corrected chi connectivity index (χ2v) is 4.93. The smallest absolute Gasteiger partial charge is 0.141 e. The van der Waals surface area contributed by atoms with Gasteiger partial charge in [0.1, 0.15) is 12.4 Å². The van der Waals surface area contributed by atoms with Crippen molar-refractivity contribution in [3.8, 4) is 5.75 Å². The molecule has 2 N–H and O–H groups in total. The van der Waals surface area contributed by atoms with Gasteiger partial charge in [0.15, 0.2) is 0 Å². The van der Waals surface area contributed by atoms with Gasteiger partial charge in [0.05, 0.1) is 10.7 Å². The molecule has 1 heterocycles. The van der Waals surface area contributed by atoms with Crippen molar-refractivity contribution in [2.75, 3.05) is 0 Å². The highest BCUT2D eigenvalue weighted by atomic mass is 35.5. The van der Waals surface area contributed by atoms with Gasteiger partial charge >= 0.3 is 0 Å². The zero-order valence-corrected chi connectivity index (χ0v) is 11.6. The molecule has 0 radical (unpaired) electrons. The molecule has 0 aliphatic heterocycles. The van der Waals surface area contributed by atoms with Crippen molar-refractivity contribution >= 4 is 11.6 Å². The van der Waals surface area contributed by atoms with E-state index in [0.717, 1.165) is 17.7 Å². The summed E-state index contributed by atoms with van der Waals surface area (Å²) in [6.07, 6.45) is 2.48. The normalized spacial score (nSPS) is 12.2.